The number of azide groups is 1. The van der Waals surface area contributed by atoms with Gasteiger partial charge in [-0.05, 0) is 12.0 Å². The van der Waals surface area contributed by atoms with E-state index in [1.165, 1.54) is 0 Å². The highest BCUT2D eigenvalue weighted by atomic mass is 16.7. The standard InChI is InChI=1S/C13H25N5O8/c14-3-1-4(17-18-16)11(9(23)7(3)21)25-13-6(15)8(22)10(24)12(26-13)5(20)2-19/h3-13,19-24H,1-2,14-15H2/t3-,4?,5-,6?,7?,8-,9-,10+,11-,12?,13+/m1/s1. The molecule has 2 aliphatic rings. The van der Waals surface area contributed by atoms with Crippen molar-refractivity contribution >= 4 is 0 Å². The van der Waals surface area contributed by atoms with Crippen LogP contribution in [0.5, 0.6) is 0 Å². The zero-order chi connectivity index (χ0) is 19.6. The van der Waals surface area contributed by atoms with Crippen LogP contribution >= 0.6 is 0 Å². The van der Waals surface area contributed by atoms with E-state index in [0.717, 1.165) is 0 Å². The van der Waals surface area contributed by atoms with Gasteiger partial charge >= 0.3 is 0 Å². The van der Waals surface area contributed by atoms with Crippen molar-refractivity contribution in [1.29, 1.82) is 0 Å². The number of nitrogens with zero attached hydrogens (tertiary/aromatic N) is 3. The van der Waals surface area contributed by atoms with Gasteiger partial charge in [-0.2, -0.15) is 0 Å². The van der Waals surface area contributed by atoms with Crippen molar-refractivity contribution in [1.82, 2.24) is 0 Å². The molecule has 2 rings (SSSR count). The molecule has 0 amide bonds. The van der Waals surface area contributed by atoms with Gasteiger partial charge in [0.05, 0.1) is 30.9 Å². The summed E-state index contributed by atoms with van der Waals surface area (Å²) in [6, 6.07) is -3.08. The first-order valence-electron chi connectivity index (χ1n) is 8.10. The number of nitrogens with two attached hydrogens (primary N) is 2. The Morgan fingerprint density at radius 3 is 2.38 bits per heavy atom. The Kier molecular flexibility index (Phi) is 7.12. The van der Waals surface area contributed by atoms with Crippen molar-refractivity contribution in [3.05, 3.63) is 10.4 Å². The molecule has 0 bridgehead atoms. The second kappa shape index (κ2) is 8.73. The molecule has 10 N–H and O–H groups in total. The Morgan fingerprint density at radius 2 is 1.81 bits per heavy atom. The lowest BCUT2D eigenvalue weighted by atomic mass is 9.84. The lowest BCUT2D eigenvalue weighted by molar-refractivity contribution is -0.303. The highest BCUT2D eigenvalue weighted by molar-refractivity contribution is 5.01. The van der Waals surface area contributed by atoms with Crippen LogP contribution in [0, 0.1) is 0 Å². The SMILES string of the molecule is [N-]=[N+]=NC1C[C@@H](N)C(O)[C@@H](O)[C@@H]1O[C@H]1OC([C@H](O)CO)[C@@H](O)[C@H](O)C1N. The van der Waals surface area contributed by atoms with Gasteiger partial charge in [-0.3, -0.25) is 0 Å². The molecular formula is C13H25N5O8. The maximum atomic E-state index is 10.2. The lowest BCUT2D eigenvalue weighted by Gasteiger charge is -2.46. The first-order valence-corrected chi connectivity index (χ1v) is 8.10. The molecule has 1 aliphatic heterocycles. The summed E-state index contributed by atoms with van der Waals surface area (Å²) in [6.07, 6.45) is -11.7. The maximum Gasteiger partial charge on any atom is 0.176 e. The van der Waals surface area contributed by atoms with E-state index in [2.05, 4.69) is 10.0 Å². The summed E-state index contributed by atoms with van der Waals surface area (Å²) in [7, 11) is 0. The van der Waals surface area contributed by atoms with Gasteiger partial charge in [0.15, 0.2) is 6.29 Å². The van der Waals surface area contributed by atoms with Crippen LogP contribution in [0.15, 0.2) is 5.11 Å². The van der Waals surface area contributed by atoms with Gasteiger partial charge < -0.3 is 51.6 Å². The van der Waals surface area contributed by atoms with Crippen molar-refractivity contribution in [3.8, 4) is 0 Å². The third kappa shape index (κ3) is 4.08. The summed E-state index contributed by atoms with van der Waals surface area (Å²) in [5.41, 5.74) is 20.2. The molecule has 26 heavy (non-hydrogen) atoms. The third-order valence-corrected chi connectivity index (χ3v) is 4.76. The van der Waals surface area contributed by atoms with Crippen molar-refractivity contribution in [2.24, 2.45) is 16.6 Å². The van der Waals surface area contributed by atoms with E-state index in [4.69, 9.17) is 31.6 Å². The monoisotopic (exact) mass is 379 g/mol. The Bertz CT molecular complexity index is 523. The molecule has 1 saturated heterocycles. The van der Waals surface area contributed by atoms with Gasteiger partial charge in [0.1, 0.15) is 30.5 Å². The topological polar surface area (TPSA) is 241 Å². The molecule has 1 saturated carbocycles. The maximum absolute atomic E-state index is 10.2. The van der Waals surface area contributed by atoms with Crippen molar-refractivity contribution in [3.63, 3.8) is 0 Å². The zero-order valence-corrected chi connectivity index (χ0v) is 13.8. The van der Waals surface area contributed by atoms with Crippen LogP contribution in [0.1, 0.15) is 6.42 Å². The molecule has 11 atom stereocenters. The summed E-state index contributed by atoms with van der Waals surface area (Å²) in [4.78, 5) is 2.66. The molecule has 0 aromatic carbocycles. The molecule has 1 heterocycles. The minimum absolute atomic E-state index is 0.0167. The Balaban J connectivity index is 2.21. The molecular weight excluding hydrogens is 354 g/mol. The van der Waals surface area contributed by atoms with Crippen LogP contribution < -0.4 is 11.5 Å². The lowest BCUT2D eigenvalue weighted by Crippen LogP contribution is -2.67. The summed E-state index contributed by atoms with van der Waals surface area (Å²) < 4.78 is 10.9. The van der Waals surface area contributed by atoms with E-state index in [9.17, 15) is 25.5 Å². The van der Waals surface area contributed by atoms with E-state index < -0.39 is 73.8 Å². The summed E-state index contributed by atoms with van der Waals surface area (Å²) in [5, 5.41) is 62.4. The molecule has 0 aromatic heterocycles. The molecule has 0 radical (unpaired) electrons. The molecule has 13 nitrogen and oxygen atoms in total. The van der Waals surface area contributed by atoms with Crippen molar-refractivity contribution in [2.45, 2.75) is 73.6 Å². The predicted octanol–water partition coefficient (Wildman–Crippen LogP) is -4.37. The minimum Gasteiger partial charge on any atom is -0.394 e. The third-order valence-electron chi connectivity index (χ3n) is 4.76. The van der Waals surface area contributed by atoms with E-state index in [1.807, 2.05) is 0 Å². The number of hydrogen-bond acceptors (Lipinski definition) is 11. The van der Waals surface area contributed by atoms with Gasteiger partial charge in [-0.25, -0.2) is 0 Å². The predicted molar refractivity (Wildman–Crippen MR) is 84.2 cm³/mol. The van der Waals surface area contributed by atoms with E-state index in [1.54, 1.807) is 0 Å². The molecule has 150 valence electrons. The van der Waals surface area contributed by atoms with Crippen molar-refractivity contribution < 1.29 is 40.1 Å². The molecule has 0 aromatic rings. The average molecular weight is 379 g/mol. The first kappa shape index (κ1) is 21.2. The fourth-order valence-electron chi connectivity index (χ4n) is 3.19. The van der Waals surface area contributed by atoms with Gasteiger partial charge in [-0.15, -0.1) is 0 Å². The Labute approximate surface area is 148 Å². The first-order chi connectivity index (χ1) is 12.2. The van der Waals surface area contributed by atoms with E-state index >= 15 is 0 Å². The van der Waals surface area contributed by atoms with Gasteiger partial charge in [0.2, 0.25) is 0 Å². The van der Waals surface area contributed by atoms with Crippen molar-refractivity contribution in [2.75, 3.05) is 6.61 Å². The fraction of sp³-hybridized carbons (Fsp3) is 1.00. The molecule has 0 spiro atoms. The highest BCUT2D eigenvalue weighted by Gasteiger charge is 2.49. The normalized spacial score (nSPS) is 47.8. The summed E-state index contributed by atoms with van der Waals surface area (Å²) in [5.74, 6) is 0. The van der Waals surface area contributed by atoms with Gasteiger partial charge in [0.25, 0.3) is 0 Å². The second-order valence-corrected chi connectivity index (χ2v) is 6.53. The van der Waals surface area contributed by atoms with E-state index in [-0.39, 0.29) is 6.42 Å². The number of aliphatic hydroxyl groups is 6. The fourth-order valence-corrected chi connectivity index (χ4v) is 3.19. The van der Waals surface area contributed by atoms with E-state index in [0.29, 0.717) is 0 Å². The number of ether oxygens (including phenoxy) is 2. The van der Waals surface area contributed by atoms with Crippen LogP contribution in [0.4, 0.5) is 0 Å². The van der Waals surface area contributed by atoms with Crippen LogP contribution in [0.2, 0.25) is 0 Å². The van der Waals surface area contributed by atoms with Gasteiger partial charge in [0, 0.05) is 11.0 Å². The smallest absolute Gasteiger partial charge is 0.176 e. The Morgan fingerprint density at radius 1 is 1.15 bits per heavy atom. The number of rotatable bonds is 5. The molecule has 2 fully saturated rings. The highest BCUT2D eigenvalue weighted by Crippen LogP contribution is 2.30. The van der Waals surface area contributed by atoms with Crippen LogP contribution in [-0.4, -0.2) is 104 Å². The average Bonchev–Trinajstić information content (AvgIpc) is 2.62. The molecule has 13 heteroatoms. The van der Waals surface area contributed by atoms with Gasteiger partial charge in [-0.1, -0.05) is 5.11 Å². The molecule has 4 unspecified atom stereocenters. The van der Waals surface area contributed by atoms with Crippen LogP contribution in [0.25, 0.3) is 10.4 Å². The minimum atomic E-state index is -1.59. The largest absolute Gasteiger partial charge is 0.394 e. The summed E-state index contributed by atoms with van der Waals surface area (Å²) in [6.45, 7) is -0.753. The Hall–Kier alpha value is -1.09. The zero-order valence-electron chi connectivity index (χ0n) is 13.8. The summed E-state index contributed by atoms with van der Waals surface area (Å²) >= 11 is 0. The quantitative estimate of drug-likeness (QED) is 0.129. The van der Waals surface area contributed by atoms with Crippen LogP contribution in [-0.2, 0) is 9.47 Å². The number of hydrogen-bond donors (Lipinski definition) is 8. The molecule has 1 aliphatic carbocycles. The van der Waals surface area contributed by atoms with Crippen LogP contribution in [0.3, 0.4) is 0 Å². The number of aliphatic hydroxyl groups excluding tert-OH is 6. The second-order valence-electron chi connectivity index (χ2n) is 6.53.